The molecule has 0 bridgehead atoms. The number of nitrogens with one attached hydrogen (secondary N) is 1. The molecule has 0 unspecified atom stereocenters. The molecule has 0 aliphatic carbocycles. The third kappa shape index (κ3) is 4.21. The number of hydrogen-bond acceptors (Lipinski definition) is 4. The van der Waals surface area contributed by atoms with Gasteiger partial charge in [-0.3, -0.25) is 4.79 Å². The lowest BCUT2D eigenvalue weighted by Crippen LogP contribution is -2.14. The van der Waals surface area contributed by atoms with Crippen molar-refractivity contribution in [2.24, 2.45) is 0 Å². The van der Waals surface area contributed by atoms with Crippen LogP contribution in [0.5, 0.6) is 0 Å². The number of halogens is 1. The summed E-state index contributed by atoms with van der Waals surface area (Å²) in [4.78, 5) is 11.9. The predicted molar refractivity (Wildman–Crippen MR) is 74.0 cm³/mol. The lowest BCUT2D eigenvalue weighted by Gasteiger charge is -2.16. The molecule has 0 saturated heterocycles. The Morgan fingerprint density at radius 3 is 2.17 bits per heavy atom. The van der Waals surface area contributed by atoms with Crippen LogP contribution in [0.4, 0.5) is 10.5 Å². The predicted octanol–water partition coefficient (Wildman–Crippen LogP) is 4.25. The normalized spacial score (nSPS) is 11.3. The highest BCUT2D eigenvalue weighted by molar-refractivity contribution is 9.10. The van der Waals surface area contributed by atoms with Crippen molar-refractivity contribution in [1.29, 1.82) is 0 Å². The maximum atomic E-state index is 12.1. The average Bonchev–Trinajstić information content (AvgIpc) is 2.32. The molecule has 0 fully saturated rings. The van der Waals surface area contributed by atoms with Crippen LogP contribution < -0.4 is 5.32 Å². The van der Waals surface area contributed by atoms with Crippen LogP contribution in [0.1, 0.15) is 13.8 Å². The Bertz CT molecular complexity index is 439. The van der Waals surface area contributed by atoms with E-state index in [1.165, 1.54) is 0 Å². The first-order chi connectivity index (χ1) is 8.51. The highest BCUT2D eigenvalue weighted by atomic mass is 79.9. The van der Waals surface area contributed by atoms with Crippen molar-refractivity contribution >= 4 is 34.9 Å². The zero-order chi connectivity index (χ0) is 13.6. The molecule has 0 atom stereocenters. The van der Waals surface area contributed by atoms with Crippen LogP contribution in [-0.4, -0.2) is 18.9 Å². The molecule has 1 aromatic rings. The molecule has 0 aromatic heterocycles. The number of carbonyl (C=O) groups is 1. The summed E-state index contributed by atoms with van der Waals surface area (Å²) in [5, 5.41) is 2.51. The fraction of sp³-hybridized carbons (Fsp3) is 0.364. The zero-order valence-electron chi connectivity index (χ0n) is 10.2. The molecule has 1 N–H and O–H groups in total. The van der Waals surface area contributed by atoms with Crippen LogP contribution in [0.3, 0.4) is 0 Å². The average molecular weight is 336 g/mol. The van der Waals surface area contributed by atoms with Gasteiger partial charge in [0, 0.05) is 10.2 Å². The number of anilines is 1. The fourth-order valence-electron chi connectivity index (χ4n) is 1.22. The second kappa shape index (κ2) is 7.04. The smallest absolute Gasteiger partial charge is 0.316 e. The van der Waals surface area contributed by atoms with Gasteiger partial charge in [-0.25, -0.2) is 4.57 Å². The van der Waals surface area contributed by atoms with Crippen LogP contribution in [0.25, 0.3) is 0 Å². The Labute approximate surface area is 115 Å². The Kier molecular flexibility index (Phi) is 6.02. The SMILES string of the molecule is CCOP(=O)(OCC)C(=O)Nc1ccc(Br)cc1. The summed E-state index contributed by atoms with van der Waals surface area (Å²) in [7, 11) is -3.75. The molecule has 1 amide bonds. The van der Waals surface area contributed by atoms with Crippen LogP contribution in [0.15, 0.2) is 28.7 Å². The minimum Gasteiger partial charge on any atom is -0.316 e. The van der Waals surface area contributed by atoms with Crippen molar-refractivity contribution in [3.8, 4) is 0 Å². The van der Waals surface area contributed by atoms with E-state index < -0.39 is 13.2 Å². The molecule has 100 valence electrons. The third-order valence-corrected chi connectivity index (χ3v) is 4.28. The molecule has 7 heteroatoms. The van der Waals surface area contributed by atoms with Gasteiger partial charge in [0.05, 0.1) is 13.2 Å². The topological polar surface area (TPSA) is 64.6 Å². The van der Waals surface area contributed by atoms with E-state index in [4.69, 9.17) is 9.05 Å². The van der Waals surface area contributed by atoms with Gasteiger partial charge in [-0.1, -0.05) is 15.9 Å². The first-order valence-electron chi connectivity index (χ1n) is 5.48. The number of benzene rings is 1. The van der Waals surface area contributed by atoms with Gasteiger partial charge in [0.15, 0.2) is 0 Å². The summed E-state index contributed by atoms with van der Waals surface area (Å²) >= 11 is 3.28. The quantitative estimate of drug-likeness (QED) is 0.789. The first kappa shape index (κ1) is 15.4. The van der Waals surface area contributed by atoms with Crippen molar-refractivity contribution in [1.82, 2.24) is 0 Å². The van der Waals surface area contributed by atoms with Gasteiger partial charge < -0.3 is 14.4 Å². The van der Waals surface area contributed by atoms with Crippen LogP contribution in [-0.2, 0) is 13.6 Å². The fourth-order valence-corrected chi connectivity index (χ4v) is 2.74. The van der Waals surface area contributed by atoms with Gasteiger partial charge in [0.25, 0.3) is 0 Å². The molecule has 0 spiro atoms. The van der Waals surface area contributed by atoms with Gasteiger partial charge in [-0.05, 0) is 38.1 Å². The number of hydrogen-bond donors (Lipinski definition) is 1. The van der Waals surface area contributed by atoms with Gasteiger partial charge in [0.2, 0.25) is 0 Å². The first-order valence-corrected chi connectivity index (χ1v) is 7.81. The summed E-state index contributed by atoms with van der Waals surface area (Å²) in [5.74, 6) is 0. The molecule has 0 aliphatic rings. The standard InChI is InChI=1S/C11H15BrNO4P/c1-3-16-18(15,17-4-2)11(14)13-10-7-5-9(12)6-8-10/h5-8H,3-4H2,1-2H3,(H,13,14). The monoisotopic (exact) mass is 335 g/mol. The minimum atomic E-state index is -3.75. The van der Waals surface area contributed by atoms with E-state index in [1.807, 2.05) is 0 Å². The Balaban J connectivity index is 2.78. The third-order valence-electron chi connectivity index (χ3n) is 1.94. The summed E-state index contributed by atoms with van der Waals surface area (Å²) in [6, 6.07) is 6.90. The molecular weight excluding hydrogens is 321 g/mol. The van der Waals surface area contributed by atoms with E-state index in [0.717, 1.165) is 4.47 Å². The van der Waals surface area contributed by atoms with Gasteiger partial charge in [0.1, 0.15) is 0 Å². The van der Waals surface area contributed by atoms with Crippen molar-refractivity contribution in [3.63, 3.8) is 0 Å². The van der Waals surface area contributed by atoms with E-state index in [0.29, 0.717) is 5.69 Å². The molecule has 0 heterocycles. The van der Waals surface area contributed by atoms with E-state index in [-0.39, 0.29) is 13.2 Å². The van der Waals surface area contributed by atoms with Gasteiger partial charge in [-0.15, -0.1) is 0 Å². The number of amides is 1. The van der Waals surface area contributed by atoms with Crippen molar-refractivity contribution < 1.29 is 18.4 Å². The van der Waals surface area contributed by atoms with Crippen molar-refractivity contribution in [3.05, 3.63) is 28.7 Å². The molecule has 0 radical (unpaired) electrons. The lowest BCUT2D eigenvalue weighted by molar-refractivity contribution is 0.212. The van der Waals surface area contributed by atoms with E-state index >= 15 is 0 Å². The summed E-state index contributed by atoms with van der Waals surface area (Å²) < 4.78 is 22.9. The lowest BCUT2D eigenvalue weighted by atomic mass is 10.3. The molecule has 0 saturated carbocycles. The Morgan fingerprint density at radius 1 is 1.22 bits per heavy atom. The summed E-state index contributed by atoms with van der Waals surface area (Å²) in [6.07, 6.45) is 0. The Hall–Kier alpha value is -0.680. The second-order valence-electron chi connectivity index (χ2n) is 3.27. The van der Waals surface area contributed by atoms with E-state index in [9.17, 15) is 9.36 Å². The maximum Gasteiger partial charge on any atom is 0.418 e. The second-order valence-corrected chi connectivity index (χ2v) is 6.10. The van der Waals surface area contributed by atoms with Gasteiger partial charge in [-0.2, -0.15) is 0 Å². The summed E-state index contributed by atoms with van der Waals surface area (Å²) in [5.41, 5.74) is -0.226. The number of rotatable bonds is 6. The zero-order valence-corrected chi connectivity index (χ0v) is 12.7. The largest absolute Gasteiger partial charge is 0.418 e. The van der Waals surface area contributed by atoms with Crippen LogP contribution in [0, 0.1) is 0 Å². The number of carbonyl (C=O) groups excluding carboxylic acids is 1. The van der Waals surface area contributed by atoms with Crippen LogP contribution >= 0.6 is 23.5 Å². The van der Waals surface area contributed by atoms with Crippen molar-refractivity contribution in [2.45, 2.75) is 13.8 Å². The van der Waals surface area contributed by atoms with Gasteiger partial charge >= 0.3 is 13.2 Å². The molecule has 1 rings (SSSR count). The van der Waals surface area contributed by atoms with E-state index in [2.05, 4.69) is 21.2 Å². The highest BCUT2D eigenvalue weighted by Gasteiger charge is 2.34. The molecule has 1 aromatic carbocycles. The Morgan fingerprint density at radius 2 is 1.72 bits per heavy atom. The molecule has 5 nitrogen and oxygen atoms in total. The van der Waals surface area contributed by atoms with Crippen LogP contribution in [0.2, 0.25) is 0 Å². The molecule has 0 aliphatic heterocycles. The van der Waals surface area contributed by atoms with Crippen molar-refractivity contribution in [2.75, 3.05) is 18.5 Å². The minimum absolute atomic E-state index is 0.144. The molecule has 18 heavy (non-hydrogen) atoms. The van der Waals surface area contributed by atoms with E-state index in [1.54, 1.807) is 38.1 Å². The highest BCUT2D eigenvalue weighted by Crippen LogP contribution is 2.49. The summed E-state index contributed by atoms with van der Waals surface area (Å²) in [6.45, 7) is 3.59. The maximum absolute atomic E-state index is 12.1. The molecular formula is C11H15BrNO4P.